The molecule has 0 aliphatic carbocycles. The third-order valence-electron chi connectivity index (χ3n) is 6.85. The molecular weight excluding hydrogens is 416 g/mol. The third-order valence-corrected chi connectivity index (χ3v) is 7.70. The Morgan fingerprint density at radius 1 is 0.844 bits per heavy atom. The fourth-order valence-corrected chi connectivity index (χ4v) is 5.97. The van der Waals surface area contributed by atoms with E-state index in [0.717, 1.165) is 48.4 Å². The molecule has 164 valence electrons. The normalized spacial score (nSPS) is 20.8. The van der Waals surface area contributed by atoms with E-state index in [0.29, 0.717) is 12.5 Å². The number of fused-ring (bicyclic) bond motifs is 1. The summed E-state index contributed by atoms with van der Waals surface area (Å²) < 4.78 is 0. The van der Waals surface area contributed by atoms with E-state index < -0.39 is 0 Å². The molecule has 5 rings (SSSR count). The number of hydrogen-bond donors (Lipinski definition) is 0. The molecule has 0 unspecified atom stereocenters. The van der Waals surface area contributed by atoms with Crippen LogP contribution in [0.2, 0.25) is 0 Å². The van der Waals surface area contributed by atoms with E-state index in [1.54, 1.807) is 0 Å². The standard InChI is InChI=1S/C27H28N2O2S/c30-26(24-15-9-17-32-24)28-18-22-14-7-8-16-29(23(22)19-28)27(31)25(20-10-3-1-4-11-20)21-12-5-2-6-13-21/h1-6,9-13,15,17,22-23,25H,7-8,14,16,18-19H2/t22-,23+/m0/s1. The van der Waals surface area contributed by atoms with E-state index >= 15 is 0 Å². The first-order valence-electron chi connectivity index (χ1n) is 11.5. The highest BCUT2D eigenvalue weighted by molar-refractivity contribution is 7.12. The highest BCUT2D eigenvalue weighted by Crippen LogP contribution is 2.35. The van der Waals surface area contributed by atoms with Gasteiger partial charge in [-0.15, -0.1) is 11.3 Å². The second kappa shape index (κ2) is 9.29. The maximum atomic E-state index is 14.1. The van der Waals surface area contributed by atoms with Crippen LogP contribution < -0.4 is 0 Å². The van der Waals surface area contributed by atoms with Crippen LogP contribution in [0.15, 0.2) is 78.2 Å². The van der Waals surface area contributed by atoms with Gasteiger partial charge in [0.25, 0.3) is 5.91 Å². The van der Waals surface area contributed by atoms with Crippen molar-refractivity contribution in [1.82, 2.24) is 9.80 Å². The number of likely N-dealkylation sites (tertiary alicyclic amines) is 2. The highest BCUT2D eigenvalue weighted by atomic mass is 32.1. The van der Waals surface area contributed by atoms with E-state index in [1.165, 1.54) is 11.3 Å². The molecule has 5 heteroatoms. The lowest BCUT2D eigenvalue weighted by molar-refractivity contribution is -0.134. The van der Waals surface area contributed by atoms with E-state index in [9.17, 15) is 9.59 Å². The van der Waals surface area contributed by atoms with Gasteiger partial charge in [-0.2, -0.15) is 0 Å². The molecule has 2 aliphatic rings. The van der Waals surface area contributed by atoms with Gasteiger partial charge in [-0.1, -0.05) is 73.2 Å². The fraction of sp³-hybridized carbons (Fsp3) is 0.333. The Kier molecular flexibility index (Phi) is 6.08. The average molecular weight is 445 g/mol. The monoisotopic (exact) mass is 444 g/mol. The van der Waals surface area contributed by atoms with E-state index in [2.05, 4.69) is 4.90 Å². The van der Waals surface area contributed by atoms with Gasteiger partial charge in [0.15, 0.2) is 0 Å². The van der Waals surface area contributed by atoms with Crippen molar-refractivity contribution in [2.45, 2.75) is 31.2 Å². The second-order valence-corrected chi connectivity index (χ2v) is 9.74. The SMILES string of the molecule is O=C(c1cccs1)N1C[C@@H]2CCCCN(C(=O)C(c3ccccc3)c3ccccc3)[C@@H]2C1. The predicted molar refractivity (Wildman–Crippen MR) is 128 cm³/mol. The summed E-state index contributed by atoms with van der Waals surface area (Å²) in [6.45, 7) is 2.13. The molecule has 0 saturated carbocycles. The Balaban J connectivity index is 1.45. The largest absolute Gasteiger partial charge is 0.337 e. The summed E-state index contributed by atoms with van der Waals surface area (Å²) >= 11 is 1.49. The maximum absolute atomic E-state index is 14.1. The van der Waals surface area contributed by atoms with Crippen molar-refractivity contribution in [2.24, 2.45) is 5.92 Å². The summed E-state index contributed by atoms with van der Waals surface area (Å²) in [6, 6.07) is 24.1. The average Bonchev–Trinajstić information content (AvgIpc) is 3.47. The smallest absolute Gasteiger partial charge is 0.263 e. The van der Waals surface area contributed by atoms with Gasteiger partial charge in [0.1, 0.15) is 0 Å². The van der Waals surface area contributed by atoms with Gasteiger partial charge >= 0.3 is 0 Å². The van der Waals surface area contributed by atoms with Crippen molar-refractivity contribution >= 4 is 23.2 Å². The van der Waals surface area contributed by atoms with Crippen LogP contribution in [0.4, 0.5) is 0 Å². The van der Waals surface area contributed by atoms with Crippen molar-refractivity contribution in [3.05, 3.63) is 94.2 Å². The minimum absolute atomic E-state index is 0.0869. The Morgan fingerprint density at radius 3 is 2.16 bits per heavy atom. The molecule has 2 amide bonds. The molecule has 0 bridgehead atoms. The topological polar surface area (TPSA) is 40.6 Å². The second-order valence-electron chi connectivity index (χ2n) is 8.80. The van der Waals surface area contributed by atoms with Gasteiger partial charge in [0.2, 0.25) is 5.91 Å². The van der Waals surface area contributed by atoms with Crippen LogP contribution >= 0.6 is 11.3 Å². The minimum Gasteiger partial charge on any atom is -0.337 e. The van der Waals surface area contributed by atoms with Crippen LogP contribution in [0.3, 0.4) is 0 Å². The number of nitrogens with zero attached hydrogens (tertiary/aromatic N) is 2. The zero-order valence-electron chi connectivity index (χ0n) is 18.1. The lowest BCUT2D eigenvalue weighted by atomic mass is 9.89. The van der Waals surface area contributed by atoms with E-state index in [4.69, 9.17) is 0 Å². The molecule has 2 saturated heterocycles. The fourth-order valence-electron chi connectivity index (χ4n) is 5.28. The molecule has 0 spiro atoms. The van der Waals surface area contributed by atoms with E-state index in [-0.39, 0.29) is 23.8 Å². The van der Waals surface area contributed by atoms with Crippen molar-refractivity contribution in [1.29, 1.82) is 0 Å². The van der Waals surface area contributed by atoms with Gasteiger partial charge in [-0.3, -0.25) is 9.59 Å². The molecule has 3 heterocycles. The van der Waals surface area contributed by atoms with Crippen LogP contribution in [-0.2, 0) is 4.79 Å². The molecule has 0 radical (unpaired) electrons. The summed E-state index contributed by atoms with van der Waals surface area (Å²) in [4.78, 5) is 32.0. The lowest BCUT2D eigenvalue weighted by Gasteiger charge is -2.33. The molecule has 32 heavy (non-hydrogen) atoms. The number of hydrogen-bond acceptors (Lipinski definition) is 3. The molecule has 0 N–H and O–H groups in total. The first-order chi connectivity index (χ1) is 15.7. The summed E-state index contributed by atoms with van der Waals surface area (Å²) in [5, 5.41) is 1.95. The van der Waals surface area contributed by atoms with Crippen molar-refractivity contribution in [2.75, 3.05) is 19.6 Å². The first-order valence-corrected chi connectivity index (χ1v) is 12.3. The molecule has 2 fully saturated rings. The van der Waals surface area contributed by atoms with Crippen molar-refractivity contribution < 1.29 is 9.59 Å². The molecule has 2 atom stereocenters. The number of carbonyl (C=O) groups excluding carboxylic acids is 2. The van der Waals surface area contributed by atoms with Crippen molar-refractivity contribution in [3.63, 3.8) is 0 Å². The number of benzene rings is 2. The van der Waals surface area contributed by atoms with Gasteiger partial charge in [-0.05, 0) is 41.3 Å². The number of thiophene rings is 1. The summed E-state index contributed by atoms with van der Waals surface area (Å²) in [5.74, 6) is 0.281. The number of rotatable bonds is 4. The number of carbonyl (C=O) groups is 2. The molecule has 4 nitrogen and oxygen atoms in total. The number of amides is 2. The minimum atomic E-state index is -0.321. The van der Waals surface area contributed by atoms with Crippen molar-refractivity contribution in [3.8, 4) is 0 Å². The van der Waals surface area contributed by atoms with Gasteiger partial charge in [0, 0.05) is 19.6 Å². The molecule has 1 aromatic heterocycles. The van der Waals surface area contributed by atoms with Crippen LogP contribution in [0.1, 0.15) is 46.0 Å². The van der Waals surface area contributed by atoms with Gasteiger partial charge in [0.05, 0.1) is 16.8 Å². The van der Waals surface area contributed by atoms with Crippen LogP contribution in [0, 0.1) is 5.92 Å². The van der Waals surface area contributed by atoms with Gasteiger partial charge < -0.3 is 9.80 Å². The lowest BCUT2D eigenvalue weighted by Crippen LogP contribution is -2.46. The summed E-state index contributed by atoms with van der Waals surface area (Å²) in [5.41, 5.74) is 2.04. The Morgan fingerprint density at radius 2 is 1.53 bits per heavy atom. The first kappa shape index (κ1) is 21.0. The Bertz CT molecular complexity index is 1010. The zero-order chi connectivity index (χ0) is 21.9. The molecule has 2 aliphatic heterocycles. The molecule has 2 aromatic carbocycles. The summed E-state index contributed by atoms with van der Waals surface area (Å²) in [7, 11) is 0. The third kappa shape index (κ3) is 4.09. The van der Waals surface area contributed by atoms with Gasteiger partial charge in [-0.25, -0.2) is 0 Å². The molecule has 3 aromatic rings. The molecular formula is C27H28N2O2S. The zero-order valence-corrected chi connectivity index (χ0v) is 18.9. The van der Waals surface area contributed by atoms with E-state index in [1.807, 2.05) is 83.1 Å². The van der Waals surface area contributed by atoms with Crippen LogP contribution in [-0.4, -0.2) is 47.3 Å². The Hall–Kier alpha value is -2.92. The van der Waals surface area contributed by atoms with Crippen LogP contribution in [0.25, 0.3) is 0 Å². The van der Waals surface area contributed by atoms with Crippen LogP contribution in [0.5, 0.6) is 0 Å². The Labute approximate surface area is 193 Å². The maximum Gasteiger partial charge on any atom is 0.263 e. The highest BCUT2D eigenvalue weighted by Gasteiger charge is 2.43. The predicted octanol–water partition coefficient (Wildman–Crippen LogP) is 5.03. The summed E-state index contributed by atoms with van der Waals surface area (Å²) in [6.07, 6.45) is 3.20. The quantitative estimate of drug-likeness (QED) is 0.566.